The Bertz CT molecular complexity index is 537. The van der Waals surface area contributed by atoms with E-state index >= 15 is 0 Å². The minimum absolute atomic E-state index is 0.170. The summed E-state index contributed by atoms with van der Waals surface area (Å²) in [5.74, 6) is 1.66. The number of rotatable bonds is 6. The largest absolute Gasteiger partial charge is 0.497 e. The Morgan fingerprint density at radius 1 is 1.05 bits per heavy atom. The monoisotopic (exact) mass is 271 g/mol. The number of ether oxygens (including phenoxy) is 2. The second-order valence-electron chi connectivity index (χ2n) is 4.69. The zero-order valence-corrected chi connectivity index (χ0v) is 12.0. The summed E-state index contributed by atoms with van der Waals surface area (Å²) in [5.41, 5.74) is 8.45. The molecule has 20 heavy (non-hydrogen) atoms. The van der Waals surface area contributed by atoms with Gasteiger partial charge in [0.25, 0.3) is 0 Å². The van der Waals surface area contributed by atoms with Crippen molar-refractivity contribution in [2.75, 3.05) is 13.7 Å². The Hall–Kier alpha value is -2.00. The van der Waals surface area contributed by atoms with Gasteiger partial charge in [0.05, 0.1) is 13.2 Å². The van der Waals surface area contributed by atoms with Crippen LogP contribution < -0.4 is 15.2 Å². The molecule has 2 aromatic carbocycles. The van der Waals surface area contributed by atoms with Crippen LogP contribution >= 0.6 is 0 Å². The maximum Gasteiger partial charge on any atom is 0.119 e. The lowest BCUT2D eigenvalue weighted by Gasteiger charge is -2.14. The highest BCUT2D eigenvalue weighted by Crippen LogP contribution is 2.19. The van der Waals surface area contributed by atoms with Gasteiger partial charge >= 0.3 is 0 Å². The second-order valence-corrected chi connectivity index (χ2v) is 4.69. The second kappa shape index (κ2) is 6.96. The summed E-state index contributed by atoms with van der Waals surface area (Å²) in [6, 6.07) is 15.7. The maximum absolute atomic E-state index is 6.14. The van der Waals surface area contributed by atoms with Crippen LogP contribution in [-0.4, -0.2) is 13.7 Å². The van der Waals surface area contributed by atoms with E-state index in [0.29, 0.717) is 6.61 Å². The van der Waals surface area contributed by atoms with Crippen LogP contribution in [0.3, 0.4) is 0 Å². The third-order valence-corrected chi connectivity index (χ3v) is 3.28. The fourth-order valence-electron chi connectivity index (χ4n) is 1.98. The minimum atomic E-state index is -0.170. The predicted octanol–water partition coefficient (Wildman–Crippen LogP) is 3.34. The summed E-state index contributed by atoms with van der Waals surface area (Å²) in [7, 11) is 1.65. The van der Waals surface area contributed by atoms with Crippen molar-refractivity contribution in [3.05, 3.63) is 59.7 Å². The van der Waals surface area contributed by atoms with Crippen LogP contribution in [0.1, 0.15) is 24.1 Å². The molecule has 0 amide bonds. The van der Waals surface area contributed by atoms with Crippen LogP contribution in [0.25, 0.3) is 0 Å². The SMILES string of the molecule is CCc1ccc(OCC(N)c2cccc(OC)c2)cc1. The normalized spacial score (nSPS) is 11.9. The molecule has 0 saturated carbocycles. The number of hydrogen-bond donors (Lipinski definition) is 1. The first kappa shape index (κ1) is 14.4. The average Bonchev–Trinajstić information content (AvgIpc) is 2.53. The van der Waals surface area contributed by atoms with E-state index in [4.69, 9.17) is 15.2 Å². The van der Waals surface area contributed by atoms with Crippen molar-refractivity contribution in [1.82, 2.24) is 0 Å². The Morgan fingerprint density at radius 2 is 1.80 bits per heavy atom. The standard InChI is InChI=1S/C17H21NO2/c1-3-13-7-9-15(10-8-13)20-12-17(18)14-5-4-6-16(11-14)19-2/h4-11,17H,3,12,18H2,1-2H3. The molecule has 0 radical (unpaired) electrons. The summed E-state index contributed by atoms with van der Waals surface area (Å²) in [4.78, 5) is 0. The molecule has 2 rings (SSSR count). The van der Waals surface area contributed by atoms with E-state index in [1.807, 2.05) is 36.4 Å². The number of benzene rings is 2. The topological polar surface area (TPSA) is 44.5 Å². The van der Waals surface area contributed by atoms with Gasteiger partial charge in [-0.15, -0.1) is 0 Å². The summed E-state index contributed by atoms with van der Waals surface area (Å²) < 4.78 is 10.9. The molecule has 2 aromatic rings. The van der Waals surface area contributed by atoms with Gasteiger partial charge in [0.15, 0.2) is 0 Å². The molecule has 1 unspecified atom stereocenters. The summed E-state index contributed by atoms with van der Waals surface area (Å²) in [6.45, 7) is 2.58. The smallest absolute Gasteiger partial charge is 0.119 e. The van der Waals surface area contributed by atoms with Crippen LogP contribution in [0, 0.1) is 0 Å². The van der Waals surface area contributed by atoms with Gasteiger partial charge < -0.3 is 15.2 Å². The van der Waals surface area contributed by atoms with Gasteiger partial charge in [0.1, 0.15) is 18.1 Å². The summed E-state index contributed by atoms with van der Waals surface area (Å²) >= 11 is 0. The quantitative estimate of drug-likeness (QED) is 0.876. The zero-order valence-electron chi connectivity index (χ0n) is 12.0. The van der Waals surface area contributed by atoms with Crippen molar-refractivity contribution >= 4 is 0 Å². The van der Waals surface area contributed by atoms with Gasteiger partial charge in [0.2, 0.25) is 0 Å². The van der Waals surface area contributed by atoms with Crippen molar-refractivity contribution in [3.8, 4) is 11.5 Å². The highest BCUT2D eigenvalue weighted by atomic mass is 16.5. The van der Waals surface area contributed by atoms with Crippen LogP contribution in [-0.2, 0) is 6.42 Å². The highest BCUT2D eigenvalue weighted by molar-refractivity contribution is 5.31. The molecular formula is C17H21NO2. The van der Waals surface area contributed by atoms with Crippen LogP contribution in [0.2, 0.25) is 0 Å². The summed E-state index contributed by atoms with van der Waals surface area (Å²) in [6.07, 6.45) is 1.03. The van der Waals surface area contributed by atoms with Crippen molar-refractivity contribution in [1.29, 1.82) is 0 Å². The molecule has 3 nitrogen and oxygen atoms in total. The van der Waals surface area contributed by atoms with Crippen LogP contribution in [0.4, 0.5) is 0 Å². The van der Waals surface area contributed by atoms with Gasteiger partial charge in [-0.05, 0) is 41.8 Å². The fraction of sp³-hybridized carbons (Fsp3) is 0.294. The fourth-order valence-corrected chi connectivity index (χ4v) is 1.98. The van der Waals surface area contributed by atoms with Gasteiger partial charge in [0, 0.05) is 0 Å². The van der Waals surface area contributed by atoms with Gasteiger partial charge in [-0.1, -0.05) is 31.2 Å². The molecular weight excluding hydrogens is 250 g/mol. The molecule has 1 atom stereocenters. The molecule has 0 heterocycles. The first-order chi connectivity index (χ1) is 9.72. The van der Waals surface area contributed by atoms with E-state index in [9.17, 15) is 0 Å². The molecule has 0 fully saturated rings. The first-order valence-electron chi connectivity index (χ1n) is 6.84. The molecule has 0 aliphatic rings. The van der Waals surface area contributed by atoms with E-state index in [2.05, 4.69) is 19.1 Å². The van der Waals surface area contributed by atoms with E-state index in [-0.39, 0.29) is 6.04 Å². The van der Waals surface area contributed by atoms with E-state index in [0.717, 1.165) is 23.5 Å². The Balaban J connectivity index is 1.95. The zero-order chi connectivity index (χ0) is 14.4. The number of aryl methyl sites for hydroxylation is 1. The molecule has 3 heteroatoms. The third-order valence-electron chi connectivity index (χ3n) is 3.28. The van der Waals surface area contributed by atoms with Gasteiger partial charge in [-0.25, -0.2) is 0 Å². The van der Waals surface area contributed by atoms with Crippen molar-refractivity contribution in [2.24, 2.45) is 5.73 Å². The maximum atomic E-state index is 6.14. The molecule has 0 aliphatic carbocycles. The molecule has 0 bridgehead atoms. The Morgan fingerprint density at radius 3 is 2.45 bits per heavy atom. The number of methoxy groups -OCH3 is 1. The predicted molar refractivity (Wildman–Crippen MR) is 81.2 cm³/mol. The van der Waals surface area contributed by atoms with Crippen molar-refractivity contribution in [2.45, 2.75) is 19.4 Å². The van der Waals surface area contributed by atoms with Crippen molar-refractivity contribution < 1.29 is 9.47 Å². The number of nitrogens with two attached hydrogens (primary N) is 1. The van der Waals surface area contributed by atoms with Gasteiger partial charge in [-0.2, -0.15) is 0 Å². The van der Waals surface area contributed by atoms with Gasteiger partial charge in [-0.3, -0.25) is 0 Å². The van der Waals surface area contributed by atoms with E-state index < -0.39 is 0 Å². The van der Waals surface area contributed by atoms with Crippen LogP contribution in [0.15, 0.2) is 48.5 Å². The molecule has 0 saturated heterocycles. The Kier molecular flexibility index (Phi) is 5.02. The summed E-state index contributed by atoms with van der Waals surface area (Å²) in [5, 5.41) is 0. The molecule has 0 aromatic heterocycles. The van der Waals surface area contributed by atoms with E-state index in [1.54, 1.807) is 7.11 Å². The van der Waals surface area contributed by atoms with Crippen molar-refractivity contribution in [3.63, 3.8) is 0 Å². The molecule has 0 aliphatic heterocycles. The molecule has 0 spiro atoms. The first-order valence-corrected chi connectivity index (χ1v) is 6.84. The average molecular weight is 271 g/mol. The lowest BCUT2D eigenvalue weighted by molar-refractivity contribution is 0.290. The number of hydrogen-bond acceptors (Lipinski definition) is 3. The van der Waals surface area contributed by atoms with E-state index in [1.165, 1.54) is 5.56 Å². The Labute approximate surface area is 120 Å². The molecule has 106 valence electrons. The lowest BCUT2D eigenvalue weighted by atomic mass is 10.1. The van der Waals surface area contributed by atoms with Crippen LogP contribution in [0.5, 0.6) is 11.5 Å². The minimum Gasteiger partial charge on any atom is -0.497 e. The molecule has 2 N–H and O–H groups in total. The highest BCUT2D eigenvalue weighted by Gasteiger charge is 2.08. The third kappa shape index (κ3) is 3.75. The lowest BCUT2D eigenvalue weighted by Crippen LogP contribution is -2.19.